The standard InChI is InChI=1S/C26H33N5O6S2/c1-17-14-30(10-11-31(17)18(2)32)15-21-13-27-26(38-21)28-25(33)24(29-37-20-9-12-36-16-20)19-3-5-22(6-4-19)39(34,35)23-7-8-23/h3-6,13,17,20,23H,7-12,14-16H2,1-2H3,(H,27,28,33)/t17-,20-/m0/s1. The van der Waals surface area contributed by atoms with E-state index in [4.69, 9.17) is 9.57 Å². The number of nitrogens with zero attached hydrogens (tertiary/aromatic N) is 4. The number of carbonyl (C=O) groups is 2. The lowest BCUT2D eigenvalue weighted by atomic mass is 10.1. The number of anilines is 1. The van der Waals surface area contributed by atoms with Crippen molar-refractivity contribution >= 4 is 43.8 Å². The van der Waals surface area contributed by atoms with Gasteiger partial charge >= 0.3 is 0 Å². The van der Waals surface area contributed by atoms with Crippen molar-refractivity contribution in [1.29, 1.82) is 0 Å². The van der Waals surface area contributed by atoms with Gasteiger partial charge in [-0.15, -0.1) is 11.3 Å². The number of carbonyl (C=O) groups excluding carboxylic acids is 2. The van der Waals surface area contributed by atoms with E-state index in [2.05, 4.69) is 20.4 Å². The van der Waals surface area contributed by atoms with E-state index in [1.165, 1.54) is 23.5 Å². The Kier molecular flexibility index (Phi) is 8.31. The highest BCUT2D eigenvalue weighted by molar-refractivity contribution is 7.92. The number of sulfone groups is 1. The lowest BCUT2D eigenvalue weighted by molar-refractivity contribution is -0.133. The number of thiazole rings is 1. The summed E-state index contributed by atoms with van der Waals surface area (Å²) in [6.07, 6.45) is 3.52. The Morgan fingerprint density at radius 3 is 2.62 bits per heavy atom. The molecule has 2 aliphatic heterocycles. The maximum absolute atomic E-state index is 13.3. The maximum atomic E-state index is 13.3. The molecule has 2 saturated heterocycles. The number of benzene rings is 1. The molecule has 1 aromatic carbocycles. The second kappa shape index (κ2) is 11.7. The Morgan fingerprint density at radius 2 is 1.97 bits per heavy atom. The molecule has 13 heteroatoms. The van der Waals surface area contributed by atoms with Crippen LogP contribution in [0, 0.1) is 0 Å². The first-order valence-corrected chi connectivity index (χ1v) is 15.5. The van der Waals surface area contributed by atoms with Crippen LogP contribution < -0.4 is 5.32 Å². The van der Waals surface area contributed by atoms with Crippen LogP contribution in [0.5, 0.6) is 0 Å². The van der Waals surface area contributed by atoms with E-state index in [1.54, 1.807) is 25.3 Å². The number of ether oxygens (including phenoxy) is 1. The molecule has 1 aromatic heterocycles. The van der Waals surface area contributed by atoms with Crippen LogP contribution in [0.1, 0.15) is 43.6 Å². The number of aromatic nitrogens is 1. The number of hydrogen-bond donors (Lipinski definition) is 1. The summed E-state index contributed by atoms with van der Waals surface area (Å²) in [5.41, 5.74) is 0.471. The monoisotopic (exact) mass is 575 g/mol. The van der Waals surface area contributed by atoms with E-state index >= 15 is 0 Å². The Bertz CT molecular complexity index is 1330. The van der Waals surface area contributed by atoms with Crippen molar-refractivity contribution in [2.45, 2.75) is 61.9 Å². The van der Waals surface area contributed by atoms with E-state index in [9.17, 15) is 18.0 Å². The summed E-state index contributed by atoms with van der Waals surface area (Å²) in [4.78, 5) is 40.4. The summed E-state index contributed by atoms with van der Waals surface area (Å²) >= 11 is 1.37. The van der Waals surface area contributed by atoms with Crippen LogP contribution in [-0.2, 0) is 35.5 Å². The van der Waals surface area contributed by atoms with Gasteiger partial charge in [0.25, 0.3) is 5.91 Å². The normalized spacial score (nSPS) is 22.6. The minimum absolute atomic E-state index is 0.0307. The van der Waals surface area contributed by atoms with Gasteiger partial charge in [0.1, 0.15) is 0 Å². The topological polar surface area (TPSA) is 130 Å². The third-order valence-corrected chi connectivity index (χ3v) is 10.3. The SMILES string of the molecule is CC(=O)N1CCN(Cc2cnc(NC(=O)C(=NO[C@H]3CCOC3)c3ccc(S(=O)(=O)C4CC4)cc3)s2)C[C@@H]1C. The average molecular weight is 576 g/mol. The summed E-state index contributed by atoms with van der Waals surface area (Å²) in [6, 6.07) is 6.32. The lowest BCUT2D eigenvalue weighted by Gasteiger charge is -2.39. The Balaban J connectivity index is 1.27. The lowest BCUT2D eigenvalue weighted by Crippen LogP contribution is -2.52. The summed E-state index contributed by atoms with van der Waals surface area (Å²) in [6.45, 7) is 7.50. The van der Waals surface area contributed by atoms with Gasteiger partial charge in [0.05, 0.1) is 23.4 Å². The Morgan fingerprint density at radius 1 is 1.21 bits per heavy atom. The van der Waals surface area contributed by atoms with Gasteiger partial charge in [0.15, 0.2) is 26.8 Å². The van der Waals surface area contributed by atoms with Gasteiger partial charge < -0.3 is 14.5 Å². The van der Waals surface area contributed by atoms with Crippen molar-refractivity contribution in [1.82, 2.24) is 14.8 Å². The molecule has 2 amide bonds. The van der Waals surface area contributed by atoms with Gasteiger partial charge in [0, 0.05) is 62.2 Å². The van der Waals surface area contributed by atoms with Crippen LogP contribution in [0.2, 0.25) is 0 Å². The van der Waals surface area contributed by atoms with Crippen molar-refractivity contribution in [3.8, 4) is 0 Å². The molecule has 0 unspecified atom stereocenters. The van der Waals surface area contributed by atoms with Crippen LogP contribution in [0.15, 0.2) is 40.5 Å². The molecule has 1 saturated carbocycles. The van der Waals surface area contributed by atoms with E-state index in [1.807, 2.05) is 11.8 Å². The Labute approximate surface area is 232 Å². The highest BCUT2D eigenvalue weighted by Gasteiger charge is 2.37. The minimum atomic E-state index is -3.34. The summed E-state index contributed by atoms with van der Waals surface area (Å²) < 4.78 is 30.5. The molecule has 2 atom stereocenters. The molecule has 1 aliphatic carbocycles. The molecular weight excluding hydrogens is 542 g/mol. The molecule has 39 heavy (non-hydrogen) atoms. The van der Waals surface area contributed by atoms with Crippen LogP contribution in [-0.4, -0.2) is 91.0 Å². The number of piperazine rings is 1. The summed E-state index contributed by atoms with van der Waals surface area (Å²) in [5, 5.41) is 7.08. The van der Waals surface area contributed by atoms with E-state index < -0.39 is 15.7 Å². The minimum Gasteiger partial charge on any atom is -0.389 e. The molecule has 3 aliphatic rings. The first-order valence-electron chi connectivity index (χ1n) is 13.1. The molecule has 210 valence electrons. The molecule has 3 heterocycles. The first kappa shape index (κ1) is 27.7. The Hall–Kier alpha value is -2.87. The van der Waals surface area contributed by atoms with Crippen molar-refractivity contribution in [2.75, 3.05) is 38.2 Å². The fourth-order valence-electron chi connectivity index (χ4n) is 4.78. The summed E-state index contributed by atoms with van der Waals surface area (Å²) in [5.74, 6) is -0.415. The zero-order valence-corrected chi connectivity index (χ0v) is 23.7. The molecule has 0 radical (unpaired) electrons. The third kappa shape index (κ3) is 6.65. The average Bonchev–Trinajstić information content (AvgIpc) is 3.49. The second-order valence-corrected chi connectivity index (χ2v) is 13.5. The molecular formula is C26H33N5O6S2. The van der Waals surface area contributed by atoms with Gasteiger partial charge in [-0.2, -0.15) is 0 Å². The van der Waals surface area contributed by atoms with Gasteiger partial charge in [-0.3, -0.25) is 19.8 Å². The molecule has 1 N–H and O–H groups in total. The van der Waals surface area contributed by atoms with Gasteiger partial charge in [-0.1, -0.05) is 17.3 Å². The highest BCUT2D eigenvalue weighted by atomic mass is 32.2. The van der Waals surface area contributed by atoms with Crippen LogP contribution in [0.4, 0.5) is 5.13 Å². The fourth-order valence-corrected chi connectivity index (χ4v) is 7.29. The zero-order valence-electron chi connectivity index (χ0n) is 22.0. The highest BCUT2D eigenvalue weighted by Crippen LogP contribution is 2.33. The number of nitrogens with one attached hydrogen (secondary N) is 1. The van der Waals surface area contributed by atoms with E-state index in [-0.39, 0.29) is 33.9 Å². The number of rotatable bonds is 9. The van der Waals surface area contributed by atoms with Crippen LogP contribution in [0.25, 0.3) is 0 Å². The third-order valence-electron chi connectivity index (χ3n) is 7.09. The largest absolute Gasteiger partial charge is 0.389 e. The maximum Gasteiger partial charge on any atom is 0.280 e. The zero-order chi connectivity index (χ0) is 27.6. The molecule has 11 nitrogen and oxygen atoms in total. The van der Waals surface area contributed by atoms with Gasteiger partial charge in [-0.25, -0.2) is 13.4 Å². The van der Waals surface area contributed by atoms with Crippen LogP contribution >= 0.6 is 11.3 Å². The quantitative estimate of drug-likeness (QED) is 0.356. The van der Waals surface area contributed by atoms with Crippen molar-refractivity contribution in [2.24, 2.45) is 5.16 Å². The smallest absolute Gasteiger partial charge is 0.280 e. The predicted molar refractivity (Wildman–Crippen MR) is 146 cm³/mol. The van der Waals surface area contributed by atoms with E-state index in [0.717, 1.165) is 18.0 Å². The summed E-state index contributed by atoms with van der Waals surface area (Å²) in [7, 11) is -3.34. The first-order chi connectivity index (χ1) is 18.7. The van der Waals surface area contributed by atoms with E-state index in [0.29, 0.717) is 56.3 Å². The molecule has 2 aromatic rings. The van der Waals surface area contributed by atoms with Gasteiger partial charge in [0.2, 0.25) is 5.91 Å². The molecule has 0 spiro atoms. The van der Waals surface area contributed by atoms with Crippen molar-refractivity contribution in [3.05, 3.63) is 40.9 Å². The second-order valence-electron chi connectivity index (χ2n) is 10.2. The predicted octanol–water partition coefficient (Wildman–Crippen LogP) is 2.28. The number of amides is 2. The van der Waals surface area contributed by atoms with Gasteiger partial charge in [-0.05, 0) is 31.9 Å². The van der Waals surface area contributed by atoms with Crippen molar-refractivity contribution < 1.29 is 27.6 Å². The van der Waals surface area contributed by atoms with Crippen molar-refractivity contribution in [3.63, 3.8) is 0 Å². The number of hydrogen-bond acceptors (Lipinski definition) is 10. The molecule has 3 fully saturated rings. The molecule has 5 rings (SSSR count). The molecule has 0 bridgehead atoms. The van der Waals surface area contributed by atoms with Crippen LogP contribution in [0.3, 0.4) is 0 Å². The number of oxime groups is 1. The fraction of sp³-hybridized carbons (Fsp3) is 0.538.